The molecule has 0 unspecified atom stereocenters. The Balaban J connectivity index is 1.70. The van der Waals surface area contributed by atoms with Gasteiger partial charge in [-0.15, -0.1) is 5.10 Å². The third-order valence-corrected chi connectivity index (χ3v) is 4.44. The van der Waals surface area contributed by atoms with Crippen molar-refractivity contribution in [2.24, 2.45) is 0 Å². The van der Waals surface area contributed by atoms with Gasteiger partial charge in [0.05, 0.1) is 22.1 Å². The highest BCUT2D eigenvalue weighted by Crippen LogP contribution is 2.26. The van der Waals surface area contributed by atoms with Gasteiger partial charge in [0.25, 0.3) is 5.91 Å². The van der Waals surface area contributed by atoms with E-state index in [1.165, 1.54) is 16.8 Å². The van der Waals surface area contributed by atoms with Crippen LogP contribution < -0.4 is 10.6 Å². The molecule has 0 saturated heterocycles. The van der Waals surface area contributed by atoms with Gasteiger partial charge in [0.15, 0.2) is 5.69 Å². The largest absolute Gasteiger partial charge is 0.322 e. The van der Waals surface area contributed by atoms with E-state index in [0.717, 1.165) is 12.1 Å². The van der Waals surface area contributed by atoms with Crippen LogP contribution in [0.2, 0.25) is 10.0 Å². The van der Waals surface area contributed by atoms with E-state index >= 15 is 0 Å². The highest BCUT2D eigenvalue weighted by Gasteiger charge is 2.19. The summed E-state index contributed by atoms with van der Waals surface area (Å²) in [6, 6.07) is 7.35. The number of rotatable bonds is 5. The maximum Gasteiger partial charge on any atom is 0.278 e. The molecule has 7 nitrogen and oxygen atoms in total. The number of anilines is 2. The average Bonchev–Trinajstić information content (AvgIpc) is 3.01. The first-order valence-electron chi connectivity index (χ1n) is 8.16. The molecule has 150 valence electrons. The maximum absolute atomic E-state index is 13.6. The second-order valence-corrected chi connectivity index (χ2v) is 6.78. The highest BCUT2D eigenvalue weighted by atomic mass is 35.5. The van der Waals surface area contributed by atoms with Crippen molar-refractivity contribution in [3.8, 4) is 0 Å². The zero-order chi connectivity index (χ0) is 21.1. The number of nitrogens with one attached hydrogen (secondary N) is 2. The fraction of sp³-hybridized carbons (Fsp3) is 0.111. The van der Waals surface area contributed by atoms with Gasteiger partial charge >= 0.3 is 0 Å². The Morgan fingerprint density at radius 3 is 2.55 bits per heavy atom. The molecule has 2 N–H and O–H groups in total. The Morgan fingerprint density at radius 2 is 1.83 bits per heavy atom. The third-order valence-electron chi connectivity index (χ3n) is 3.87. The number of benzene rings is 2. The molecule has 0 saturated carbocycles. The van der Waals surface area contributed by atoms with E-state index < -0.39 is 23.4 Å². The van der Waals surface area contributed by atoms with Crippen LogP contribution in [-0.2, 0) is 11.3 Å². The summed E-state index contributed by atoms with van der Waals surface area (Å²) in [6.07, 6.45) is 0. The van der Waals surface area contributed by atoms with E-state index in [1.54, 1.807) is 13.0 Å². The number of hydrogen-bond donors (Lipinski definition) is 2. The summed E-state index contributed by atoms with van der Waals surface area (Å²) >= 11 is 11.9. The second kappa shape index (κ2) is 8.54. The zero-order valence-corrected chi connectivity index (χ0v) is 16.4. The summed E-state index contributed by atoms with van der Waals surface area (Å²) in [5.74, 6) is -2.90. The molecule has 0 radical (unpaired) electrons. The normalized spacial score (nSPS) is 10.7. The van der Waals surface area contributed by atoms with Gasteiger partial charge in [0.1, 0.15) is 18.2 Å². The van der Waals surface area contributed by atoms with Crippen molar-refractivity contribution < 1.29 is 18.4 Å². The van der Waals surface area contributed by atoms with Crippen LogP contribution in [0.4, 0.5) is 20.2 Å². The van der Waals surface area contributed by atoms with Crippen molar-refractivity contribution in [2.45, 2.75) is 13.5 Å². The van der Waals surface area contributed by atoms with Crippen LogP contribution in [0.3, 0.4) is 0 Å². The predicted molar refractivity (Wildman–Crippen MR) is 104 cm³/mol. The molecule has 11 heteroatoms. The van der Waals surface area contributed by atoms with Gasteiger partial charge in [-0.2, -0.15) is 0 Å². The van der Waals surface area contributed by atoms with Crippen molar-refractivity contribution >= 4 is 46.4 Å². The molecule has 0 aliphatic carbocycles. The molecule has 0 aliphatic heterocycles. The number of amides is 2. The van der Waals surface area contributed by atoms with E-state index in [9.17, 15) is 18.4 Å². The van der Waals surface area contributed by atoms with Crippen molar-refractivity contribution in [3.63, 3.8) is 0 Å². The molecule has 2 amide bonds. The minimum atomic E-state index is -0.910. The minimum absolute atomic E-state index is 0.0261. The van der Waals surface area contributed by atoms with Crippen LogP contribution in [0, 0.1) is 18.6 Å². The van der Waals surface area contributed by atoms with Gasteiger partial charge in [-0.25, -0.2) is 13.5 Å². The standard InChI is InChI=1S/C18H13Cl2F2N5O2/c1-9-17(18(29)24-15-6-10(19)2-4-12(15)20)25-26-27(9)8-16(28)23-14-5-3-11(21)7-13(14)22/h2-7H,8H2,1H3,(H,23,28)(H,24,29). The molecule has 0 fully saturated rings. The molecule has 0 spiro atoms. The molecule has 29 heavy (non-hydrogen) atoms. The predicted octanol–water partition coefficient (Wildman–Crippen LogP) is 4.06. The fourth-order valence-corrected chi connectivity index (χ4v) is 2.75. The second-order valence-electron chi connectivity index (χ2n) is 5.93. The summed E-state index contributed by atoms with van der Waals surface area (Å²) in [5, 5.41) is 13.1. The van der Waals surface area contributed by atoms with Crippen LogP contribution in [-0.4, -0.2) is 26.8 Å². The lowest BCUT2D eigenvalue weighted by atomic mass is 10.2. The van der Waals surface area contributed by atoms with Gasteiger partial charge in [0, 0.05) is 11.1 Å². The van der Waals surface area contributed by atoms with Crippen molar-refractivity contribution in [3.05, 3.63) is 69.5 Å². The van der Waals surface area contributed by atoms with Crippen LogP contribution in [0.15, 0.2) is 36.4 Å². The molecule has 1 heterocycles. The minimum Gasteiger partial charge on any atom is -0.322 e. The number of carbonyl (C=O) groups is 2. The lowest BCUT2D eigenvalue weighted by Gasteiger charge is -2.08. The van der Waals surface area contributed by atoms with Gasteiger partial charge < -0.3 is 10.6 Å². The molecule has 0 bridgehead atoms. The first kappa shape index (κ1) is 20.7. The molecule has 0 atom stereocenters. The highest BCUT2D eigenvalue weighted by molar-refractivity contribution is 6.35. The first-order valence-corrected chi connectivity index (χ1v) is 8.91. The molecule has 0 aliphatic rings. The number of hydrogen-bond acceptors (Lipinski definition) is 4. The average molecular weight is 440 g/mol. The summed E-state index contributed by atoms with van der Waals surface area (Å²) in [5.41, 5.74) is 0.391. The van der Waals surface area contributed by atoms with E-state index in [1.807, 2.05) is 0 Å². The van der Waals surface area contributed by atoms with Gasteiger partial charge in [-0.05, 0) is 37.3 Å². The Bertz CT molecular complexity index is 1100. The van der Waals surface area contributed by atoms with Gasteiger partial charge in [-0.1, -0.05) is 28.4 Å². The SMILES string of the molecule is Cc1c(C(=O)Nc2cc(Cl)ccc2Cl)nnn1CC(=O)Nc1ccc(F)cc1F. The van der Waals surface area contributed by atoms with E-state index in [4.69, 9.17) is 23.2 Å². The first-order chi connectivity index (χ1) is 13.7. The summed E-state index contributed by atoms with van der Waals surface area (Å²) in [7, 11) is 0. The van der Waals surface area contributed by atoms with E-state index in [-0.39, 0.29) is 22.9 Å². The molecule has 1 aromatic heterocycles. The van der Waals surface area contributed by atoms with Crippen molar-refractivity contribution in [2.75, 3.05) is 10.6 Å². The lowest BCUT2D eigenvalue weighted by Crippen LogP contribution is -2.21. The lowest BCUT2D eigenvalue weighted by molar-refractivity contribution is -0.117. The van der Waals surface area contributed by atoms with Crippen molar-refractivity contribution in [1.82, 2.24) is 15.0 Å². The third kappa shape index (κ3) is 4.87. The van der Waals surface area contributed by atoms with E-state index in [0.29, 0.717) is 22.5 Å². The fourth-order valence-electron chi connectivity index (χ4n) is 2.41. The van der Waals surface area contributed by atoms with Crippen LogP contribution in [0.5, 0.6) is 0 Å². The van der Waals surface area contributed by atoms with Gasteiger partial charge in [0.2, 0.25) is 5.91 Å². The molecular formula is C18H13Cl2F2N5O2. The monoisotopic (exact) mass is 439 g/mol. The molecule has 3 aromatic rings. The number of halogens is 4. The van der Waals surface area contributed by atoms with Gasteiger partial charge in [-0.3, -0.25) is 9.59 Å². The Labute approximate surface area is 173 Å². The smallest absolute Gasteiger partial charge is 0.278 e. The van der Waals surface area contributed by atoms with Crippen LogP contribution >= 0.6 is 23.2 Å². The van der Waals surface area contributed by atoms with Crippen LogP contribution in [0.1, 0.15) is 16.2 Å². The molecular weight excluding hydrogens is 427 g/mol. The number of nitrogens with zero attached hydrogens (tertiary/aromatic N) is 3. The Kier molecular flexibility index (Phi) is 6.09. The summed E-state index contributed by atoms with van der Waals surface area (Å²) in [6.45, 7) is 1.21. The number of aromatic nitrogens is 3. The maximum atomic E-state index is 13.6. The summed E-state index contributed by atoms with van der Waals surface area (Å²) < 4.78 is 27.8. The summed E-state index contributed by atoms with van der Waals surface area (Å²) in [4.78, 5) is 24.6. The molecule has 2 aromatic carbocycles. The van der Waals surface area contributed by atoms with Crippen LogP contribution in [0.25, 0.3) is 0 Å². The van der Waals surface area contributed by atoms with E-state index in [2.05, 4.69) is 20.9 Å². The molecule has 3 rings (SSSR count). The van der Waals surface area contributed by atoms with Crippen molar-refractivity contribution in [1.29, 1.82) is 0 Å². The quantitative estimate of drug-likeness (QED) is 0.627. The number of carbonyl (C=O) groups excluding carboxylic acids is 2. The Morgan fingerprint density at radius 1 is 1.07 bits per heavy atom. The topological polar surface area (TPSA) is 88.9 Å². The zero-order valence-electron chi connectivity index (χ0n) is 14.8. The Hall–Kier alpha value is -3.04.